The SMILES string of the molecule is COc1ccc(CN(Cc2ccc(OC)cc2)S(=O)(=O)c2c(S(=O)(=O)CC[Si](C)(C)C)ccc(N3CCn4ccnc43)c2-c2nnnn2Cc2ccc(OC)cc2)cc1. The van der Waals surface area contributed by atoms with Gasteiger partial charge in [-0.15, -0.1) is 5.10 Å². The molecule has 15 nitrogen and oxygen atoms in total. The van der Waals surface area contributed by atoms with Crippen LogP contribution in [-0.2, 0) is 46.0 Å². The number of ether oxygens (including phenoxy) is 3. The van der Waals surface area contributed by atoms with Gasteiger partial charge in [-0.05, 0) is 81.7 Å². The minimum absolute atomic E-state index is 0.0588. The van der Waals surface area contributed by atoms with E-state index in [4.69, 9.17) is 14.2 Å². The molecule has 1 aliphatic heterocycles. The van der Waals surface area contributed by atoms with Gasteiger partial charge in [-0.3, -0.25) is 0 Å². The number of anilines is 2. The van der Waals surface area contributed by atoms with Crippen molar-refractivity contribution in [2.24, 2.45) is 0 Å². The van der Waals surface area contributed by atoms with Crippen LogP contribution in [0.4, 0.5) is 11.6 Å². The first-order valence-corrected chi connectivity index (χ1v) is 25.8. The summed E-state index contributed by atoms with van der Waals surface area (Å²) in [5.41, 5.74) is 2.59. The zero-order chi connectivity index (χ0) is 42.0. The van der Waals surface area contributed by atoms with Crippen LogP contribution in [0, 0.1) is 0 Å². The first-order valence-electron chi connectivity index (χ1n) is 19.0. The number of hydrogen-bond acceptors (Lipinski definition) is 12. The molecular formula is C41H48N8O7S2Si. The van der Waals surface area contributed by atoms with Gasteiger partial charge in [-0.1, -0.05) is 56.0 Å². The minimum atomic E-state index is -4.74. The topological polar surface area (TPSA) is 164 Å². The van der Waals surface area contributed by atoms with E-state index >= 15 is 8.42 Å². The van der Waals surface area contributed by atoms with Gasteiger partial charge in [0.2, 0.25) is 16.0 Å². The maximum Gasteiger partial charge on any atom is 0.245 e. The zero-order valence-electron chi connectivity index (χ0n) is 33.9. The Kier molecular flexibility index (Phi) is 12.0. The van der Waals surface area contributed by atoms with Gasteiger partial charge in [0.15, 0.2) is 15.7 Å². The smallest absolute Gasteiger partial charge is 0.245 e. The Morgan fingerprint density at radius 1 is 0.729 bits per heavy atom. The number of aromatic nitrogens is 6. The first kappa shape index (κ1) is 41.6. The standard InChI is InChI=1S/C41H48N8O7S2Si/c1-54-33-13-7-30(8-14-33)27-47(28-31-9-15-34(55-2)16-10-31)58(52,53)39-37(57(50,51)25-26-59(4,5)6)20-19-36(48-24-23-46-22-21-42-41(46)48)38(39)40-43-44-45-49(40)29-32-11-17-35(56-3)18-12-32/h7-22H,23-29H2,1-6H3. The molecule has 0 unspecified atom stereocenters. The predicted molar refractivity (Wildman–Crippen MR) is 227 cm³/mol. The highest BCUT2D eigenvalue weighted by Crippen LogP contribution is 2.45. The number of benzene rings is 4. The lowest BCUT2D eigenvalue weighted by atomic mass is 10.1. The van der Waals surface area contributed by atoms with Crippen molar-refractivity contribution in [1.82, 2.24) is 34.1 Å². The average molecular weight is 857 g/mol. The second-order valence-electron chi connectivity index (χ2n) is 15.5. The molecule has 0 atom stereocenters. The number of tetrazole rings is 1. The lowest BCUT2D eigenvalue weighted by molar-refractivity contribution is 0.396. The van der Waals surface area contributed by atoms with Crippen LogP contribution in [0.15, 0.2) is 107 Å². The third-order valence-corrected chi connectivity index (χ3v) is 16.1. The highest BCUT2D eigenvalue weighted by molar-refractivity contribution is 7.93. The lowest BCUT2D eigenvalue weighted by Crippen LogP contribution is -2.33. The molecule has 0 bridgehead atoms. The quantitative estimate of drug-likeness (QED) is 0.0948. The van der Waals surface area contributed by atoms with Crippen LogP contribution in [0.1, 0.15) is 16.7 Å². The number of imidazole rings is 1. The Morgan fingerprint density at radius 3 is 1.83 bits per heavy atom. The number of rotatable bonds is 17. The number of hydrogen-bond donors (Lipinski definition) is 0. The normalized spacial score (nSPS) is 13.2. The molecule has 0 radical (unpaired) electrons. The number of sulfone groups is 1. The largest absolute Gasteiger partial charge is 0.497 e. The maximum absolute atomic E-state index is 16.0. The average Bonchev–Trinajstić information content (AvgIpc) is 3.99. The highest BCUT2D eigenvalue weighted by atomic mass is 32.2. The maximum atomic E-state index is 16.0. The van der Waals surface area contributed by atoms with Crippen LogP contribution >= 0.6 is 0 Å². The molecule has 0 saturated heterocycles. The van der Waals surface area contributed by atoms with Gasteiger partial charge in [-0.2, -0.15) is 4.31 Å². The van der Waals surface area contributed by atoms with E-state index < -0.39 is 32.8 Å². The summed E-state index contributed by atoms with van der Waals surface area (Å²) in [4.78, 5) is 5.77. The minimum Gasteiger partial charge on any atom is -0.497 e. The Balaban J connectivity index is 1.50. The fraction of sp³-hybridized carbons (Fsp3) is 0.317. The van der Waals surface area contributed by atoms with Gasteiger partial charge in [-0.25, -0.2) is 26.5 Å². The summed E-state index contributed by atoms with van der Waals surface area (Å²) in [6, 6.07) is 25.0. The van der Waals surface area contributed by atoms with Crippen molar-refractivity contribution in [2.45, 2.75) is 61.7 Å². The zero-order valence-corrected chi connectivity index (χ0v) is 36.6. The van der Waals surface area contributed by atoms with Crippen LogP contribution in [0.25, 0.3) is 11.4 Å². The molecule has 4 aromatic carbocycles. The molecule has 7 rings (SSSR count). The molecule has 1 aliphatic rings. The Bertz CT molecular complexity index is 2580. The van der Waals surface area contributed by atoms with Crippen molar-refractivity contribution in [1.29, 1.82) is 0 Å². The number of fused-ring (bicyclic) bond motifs is 1. The number of sulfonamides is 1. The molecule has 6 aromatic rings. The van der Waals surface area contributed by atoms with E-state index in [0.717, 1.165) is 5.56 Å². The summed E-state index contributed by atoms with van der Waals surface area (Å²) >= 11 is 0. The fourth-order valence-corrected chi connectivity index (χ4v) is 13.7. The monoisotopic (exact) mass is 856 g/mol. The molecule has 2 aromatic heterocycles. The summed E-state index contributed by atoms with van der Waals surface area (Å²) < 4.78 is 82.4. The van der Waals surface area contributed by atoms with Gasteiger partial charge in [0, 0.05) is 46.6 Å². The first-order chi connectivity index (χ1) is 28.2. The molecule has 0 amide bonds. The Hall–Kier alpha value is -5.56. The summed E-state index contributed by atoms with van der Waals surface area (Å²) in [6.07, 6.45) is 3.52. The number of methoxy groups -OCH3 is 3. The van der Waals surface area contributed by atoms with Crippen LogP contribution in [0.2, 0.25) is 25.7 Å². The summed E-state index contributed by atoms with van der Waals surface area (Å²) in [5.74, 6) is 2.30. The Morgan fingerprint density at radius 2 is 1.29 bits per heavy atom. The van der Waals surface area contributed by atoms with Crippen LogP contribution in [-0.4, -0.2) is 92.6 Å². The molecule has 0 N–H and O–H groups in total. The van der Waals surface area contributed by atoms with E-state index in [2.05, 4.69) is 40.2 Å². The van der Waals surface area contributed by atoms with Gasteiger partial charge >= 0.3 is 0 Å². The Labute approximate surface area is 346 Å². The van der Waals surface area contributed by atoms with Crippen LogP contribution < -0.4 is 19.1 Å². The molecule has 59 heavy (non-hydrogen) atoms. The molecule has 3 heterocycles. The predicted octanol–water partition coefficient (Wildman–Crippen LogP) is 6.27. The molecule has 310 valence electrons. The molecule has 18 heteroatoms. The van der Waals surface area contributed by atoms with Crippen LogP contribution in [0.3, 0.4) is 0 Å². The third kappa shape index (κ3) is 9.05. The van der Waals surface area contributed by atoms with Crippen molar-refractivity contribution in [3.05, 3.63) is 114 Å². The van der Waals surface area contributed by atoms with E-state index in [1.54, 1.807) is 82.1 Å². The van der Waals surface area contributed by atoms with Gasteiger partial charge in [0.25, 0.3) is 0 Å². The third-order valence-electron chi connectivity index (χ3n) is 10.2. The second kappa shape index (κ2) is 17.0. The van der Waals surface area contributed by atoms with E-state index in [1.165, 1.54) is 15.1 Å². The summed E-state index contributed by atoms with van der Waals surface area (Å²) in [5, 5.41) is 12.9. The van der Waals surface area contributed by atoms with Gasteiger partial charge in [0.05, 0.1) is 49.8 Å². The van der Waals surface area contributed by atoms with E-state index in [0.29, 0.717) is 59.1 Å². The molecule has 0 spiro atoms. The molecule has 0 aliphatic carbocycles. The fourth-order valence-electron chi connectivity index (χ4n) is 6.92. The van der Waals surface area contributed by atoms with Crippen molar-refractivity contribution in [2.75, 3.05) is 38.5 Å². The van der Waals surface area contributed by atoms with Crippen molar-refractivity contribution in [3.8, 4) is 28.6 Å². The van der Waals surface area contributed by atoms with E-state index in [-0.39, 0.29) is 41.7 Å². The number of nitrogens with zero attached hydrogens (tertiary/aromatic N) is 8. The van der Waals surface area contributed by atoms with Crippen molar-refractivity contribution in [3.63, 3.8) is 0 Å². The molecule has 0 saturated carbocycles. The summed E-state index contributed by atoms with van der Waals surface area (Å²) in [7, 11) is -6.18. The second-order valence-corrected chi connectivity index (χ2v) is 25.0. The summed E-state index contributed by atoms with van der Waals surface area (Å²) in [6.45, 7) is 7.23. The van der Waals surface area contributed by atoms with Gasteiger partial charge in [0.1, 0.15) is 22.1 Å². The van der Waals surface area contributed by atoms with Crippen LogP contribution in [0.5, 0.6) is 17.2 Å². The lowest BCUT2D eigenvalue weighted by Gasteiger charge is -2.28. The van der Waals surface area contributed by atoms with E-state index in [9.17, 15) is 8.42 Å². The molecular weight excluding hydrogens is 809 g/mol. The van der Waals surface area contributed by atoms with Crippen molar-refractivity contribution >= 4 is 39.6 Å². The van der Waals surface area contributed by atoms with E-state index in [1.807, 2.05) is 39.9 Å². The molecule has 0 fully saturated rings. The van der Waals surface area contributed by atoms with Gasteiger partial charge < -0.3 is 23.7 Å². The van der Waals surface area contributed by atoms with Crippen molar-refractivity contribution < 1.29 is 31.0 Å². The highest BCUT2D eigenvalue weighted by Gasteiger charge is 2.40.